The third-order valence-corrected chi connectivity index (χ3v) is 1.84. The van der Waals surface area contributed by atoms with Gasteiger partial charge in [0.2, 0.25) is 0 Å². The van der Waals surface area contributed by atoms with Gasteiger partial charge in [-0.3, -0.25) is 4.99 Å². The summed E-state index contributed by atoms with van der Waals surface area (Å²) in [6.07, 6.45) is 4.97. The van der Waals surface area contributed by atoms with Crippen LogP contribution >= 0.6 is 0 Å². The van der Waals surface area contributed by atoms with Crippen LogP contribution in [0.2, 0.25) is 0 Å². The number of hydrogen-bond acceptors (Lipinski definition) is 1. The lowest BCUT2D eigenvalue weighted by molar-refractivity contribution is 0.720. The molecule has 1 atom stereocenters. The smallest absolute Gasteiger partial charge is 0.0526 e. The molecule has 2 heteroatoms. The predicted molar refractivity (Wildman–Crippen MR) is 41.6 cm³/mol. The lowest BCUT2D eigenvalue weighted by atomic mass is 10.1. The van der Waals surface area contributed by atoms with E-state index >= 15 is 0 Å². The van der Waals surface area contributed by atoms with Crippen molar-refractivity contribution in [2.45, 2.75) is 19.4 Å². The van der Waals surface area contributed by atoms with Gasteiger partial charge >= 0.3 is 0 Å². The fourth-order valence-electron chi connectivity index (χ4n) is 1.27. The summed E-state index contributed by atoms with van der Waals surface area (Å²) in [4.78, 5) is 7.50. The van der Waals surface area contributed by atoms with Gasteiger partial charge in [-0.25, -0.2) is 0 Å². The molecule has 2 nitrogen and oxygen atoms in total. The average molecular weight is 134 g/mol. The van der Waals surface area contributed by atoms with Crippen LogP contribution in [-0.2, 0) is 6.42 Å². The summed E-state index contributed by atoms with van der Waals surface area (Å²) >= 11 is 0. The summed E-state index contributed by atoms with van der Waals surface area (Å²) in [5, 5.41) is 0. The number of aromatic nitrogens is 1. The van der Waals surface area contributed by atoms with Crippen LogP contribution in [0.25, 0.3) is 0 Å². The minimum atomic E-state index is 0.450. The van der Waals surface area contributed by atoms with E-state index < -0.39 is 0 Å². The molecule has 1 aliphatic rings. The minimum Gasteiger partial charge on any atom is -0.364 e. The van der Waals surface area contributed by atoms with E-state index in [1.165, 1.54) is 11.3 Å². The summed E-state index contributed by atoms with van der Waals surface area (Å²) in [5.41, 5.74) is 2.57. The highest BCUT2D eigenvalue weighted by molar-refractivity contribution is 5.82. The fraction of sp³-hybridized carbons (Fsp3) is 0.375. The standard InChI is InChI=1S/C8H10N2/c1-6-4-8-7(5-10-6)2-3-9-8/h2-3,5-6,9H,4H2,1H3/t6-/m0/s1. The first kappa shape index (κ1) is 5.71. The van der Waals surface area contributed by atoms with E-state index in [0.717, 1.165) is 6.42 Å². The molecule has 2 rings (SSSR count). The number of fused-ring (bicyclic) bond motifs is 1. The third kappa shape index (κ3) is 0.764. The van der Waals surface area contributed by atoms with Gasteiger partial charge in [-0.15, -0.1) is 0 Å². The van der Waals surface area contributed by atoms with Crippen molar-refractivity contribution in [3.8, 4) is 0 Å². The van der Waals surface area contributed by atoms with Crippen molar-refractivity contribution in [2.75, 3.05) is 0 Å². The number of hydrogen-bond donors (Lipinski definition) is 1. The van der Waals surface area contributed by atoms with E-state index in [-0.39, 0.29) is 0 Å². The van der Waals surface area contributed by atoms with Crippen LogP contribution in [0.15, 0.2) is 17.3 Å². The lowest BCUT2D eigenvalue weighted by Crippen LogP contribution is -2.10. The third-order valence-electron chi connectivity index (χ3n) is 1.84. The van der Waals surface area contributed by atoms with Crippen molar-refractivity contribution in [1.82, 2.24) is 4.98 Å². The topological polar surface area (TPSA) is 28.1 Å². The van der Waals surface area contributed by atoms with Crippen LogP contribution in [0.5, 0.6) is 0 Å². The molecule has 0 amide bonds. The Morgan fingerprint density at radius 2 is 2.60 bits per heavy atom. The second kappa shape index (κ2) is 1.97. The second-order valence-corrected chi connectivity index (χ2v) is 2.74. The summed E-state index contributed by atoms with van der Waals surface area (Å²) in [6, 6.07) is 2.51. The van der Waals surface area contributed by atoms with E-state index in [2.05, 4.69) is 23.0 Å². The van der Waals surface area contributed by atoms with Crippen LogP contribution < -0.4 is 0 Å². The van der Waals surface area contributed by atoms with Gasteiger partial charge in [0, 0.05) is 30.1 Å². The molecule has 0 saturated carbocycles. The van der Waals surface area contributed by atoms with Gasteiger partial charge in [-0.05, 0) is 13.0 Å². The van der Waals surface area contributed by atoms with E-state index in [9.17, 15) is 0 Å². The van der Waals surface area contributed by atoms with E-state index in [4.69, 9.17) is 0 Å². The Kier molecular flexibility index (Phi) is 1.13. The molecule has 0 aliphatic carbocycles. The number of aromatic amines is 1. The van der Waals surface area contributed by atoms with Crippen molar-refractivity contribution < 1.29 is 0 Å². The first-order valence-electron chi connectivity index (χ1n) is 3.55. The molecule has 1 aliphatic heterocycles. The molecule has 10 heavy (non-hydrogen) atoms. The Morgan fingerprint density at radius 1 is 1.70 bits per heavy atom. The molecule has 1 aromatic rings. The molecule has 52 valence electrons. The van der Waals surface area contributed by atoms with Crippen LogP contribution in [0.1, 0.15) is 18.2 Å². The molecule has 1 aromatic heterocycles. The van der Waals surface area contributed by atoms with Gasteiger partial charge in [0.1, 0.15) is 0 Å². The zero-order valence-electron chi connectivity index (χ0n) is 5.96. The van der Waals surface area contributed by atoms with Crippen molar-refractivity contribution in [1.29, 1.82) is 0 Å². The summed E-state index contributed by atoms with van der Waals surface area (Å²) in [5.74, 6) is 0. The summed E-state index contributed by atoms with van der Waals surface area (Å²) in [6.45, 7) is 2.13. The zero-order chi connectivity index (χ0) is 6.97. The molecule has 0 bridgehead atoms. The lowest BCUT2D eigenvalue weighted by Gasteiger charge is -2.10. The Labute approximate surface area is 60.0 Å². The van der Waals surface area contributed by atoms with Crippen LogP contribution in [0.4, 0.5) is 0 Å². The summed E-state index contributed by atoms with van der Waals surface area (Å²) < 4.78 is 0. The molecular weight excluding hydrogens is 124 g/mol. The molecular formula is C8H10N2. The second-order valence-electron chi connectivity index (χ2n) is 2.74. The number of nitrogens with zero attached hydrogens (tertiary/aromatic N) is 1. The van der Waals surface area contributed by atoms with Crippen LogP contribution in [0, 0.1) is 0 Å². The SMILES string of the molecule is C[C@H]1Cc2[nH]ccc2C=N1. The number of rotatable bonds is 0. The van der Waals surface area contributed by atoms with E-state index in [0.29, 0.717) is 6.04 Å². The number of nitrogens with one attached hydrogen (secondary N) is 1. The molecule has 0 spiro atoms. The predicted octanol–water partition coefficient (Wildman–Crippen LogP) is 1.38. The van der Waals surface area contributed by atoms with Crippen molar-refractivity contribution in [3.63, 3.8) is 0 Å². The molecule has 0 unspecified atom stereocenters. The highest BCUT2D eigenvalue weighted by Gasteiger charge is 2.10. The highest BCUT2D eigenvalue weighted by Crippen LogP contribution is 2.13. The maximum Gasteiger partial charge on any atom is 0.0526 e. The van der Waals surface area contributed by atoms with E-state index in [1.807, 2.05) is 12.4 Å². The van der Waals surface area contributed by atoms with Gasteiger partial charge in [0.05, 0.1) is 6.04 Å². The first-order valence-corrected chi connectivity index (χ1v) is 3.55. The number of aliphatic imine (C=N–C) groups is 1. The van der Waals surface area contributed by atoms with Crippen LogP contribution in [0.3, 0.4) is 0 Å². The Bertz CT molecular complexity index is 260. The molecule has 0 saturated heterocycles. The van der Waals surface area contributed by atoms with Crippen molar-refractivity contribution >= 4 is 6.21 Å². The Balaban J connectivity index is 2.43. The highest BCUT2D eigenvalue weighted by atomic mass is 14.8. The summed E-state index contributed by atoms with van der Waals surface area (Å²) in [7, 11) is 0. The molecule has 1 N–H and O–H groups in total. The van der Waals surface area contributed by atoms with Gasteiger partial charge in [-0.1, -0.05) is 0 Å². The van der Waals surface area contributed by atoms with Crippen molar-refractivity contribution in [3.05, 3.63) is 23.5 Å². The Hall–Kier alpha value is -1.05. The fourth-order valence-corrected chi connectivity index (χ4v) is 1.27. The molecule has 0 aromatic carbocycles. The quantitative estimate of drug-likeness (QED) is 0.555. The van der Waals surface area contributed by atoms with Gasteiger partial charge in [0.25, 0.3) is 0 Å². The minimum absolute atomic E-state index is 0.450. The monoisotopic (exact) mass is 134 g/mol. The van der Waals surface area contributed by atoms with Gasteiger partial charge < -0.3 is 4.98 Å². The normalized spacial score (nSPS) is 22.7. The van der Waals surface area contributed by atoms with Gasteiger partial charge in [0.15, 0.2) is 0 Å². The molecule has 0 fully saturated rings. The number of H-pyrrole nitrogens is 1. The average Bonchev–Trinajstić information content (AvgIpc) is 2.33. The van der Waals surface area contributed by atoms with Crippen LogP contribution in [-0.4, -0.2) is 17.2 Å². The molecule has 2 heterocycles. The van der Waals surface area contributed by atoms with Crippen molar-refractivity contribution in [2.24, 2.45) is 4.99 Å². The maximum absolute atomic E-state index is 4.30. The molecule has 0 radical (unpaired) electrons. The zero-order valence-corrected chi connectivity index (χ0v) is 5.96. The Morgan fingerprint density at radius 3 is 3.50 bits per heavy atom. The largest absolute Gasteiger partial charge is 0.364 e. The van der Waals surface area contributed by atoms with Gasteiger partial charge in [-0.2, -0.15) is 0 Å². The first-order chi connectivity index (χ1) is 4.86. The van der Waals surface area contributed by atoms with E-state index in [1.54, 1.807) is 0 Å². The maximum atomic E-state index is 4.30.